The zero-order valence-corrected chi connectivity index (χ0v) is 19.5. The first-order chi connectivity index (χ1) is 16.7. The number of rotatable bonds is 5. The summed E-state index contributed by atoms with van der Waals surface area (Å²) >= 11 is 0. The van der Waals surface area contributed by atoms with Gasteiger partial charge < -0.3 is 14.7 Å². The van der Waals surface area contributed by atoms with E-state index in [0.29, 0.717) is 12.1 Å². The van der Waals surface area contributed by atoms with Crippen molar-refractivity contribution >= 4 is 5.91 Å². The van der Waals surface area contributed by atoms with Gasteiger partial charge >= 0.3 is 0 Å². The Hall–Kier alpha value is -3.22. The van der Waals surface area contributed by atoms with E-state index in [-0.39, 0.29) is 30.5 Å². The number of hydrogen-bond acceptors (Lipinski definition) is 5. The Morgan fingerprint density at radius 1 is 1.03 bits per heavy atom. The van der Waals surface area contributed by atoms with Gasteiger partial charge in [0.25, 0.3) is 5.91 Å². The van der Waals surface area contributed by atoms with E-state index in [1.807, 2.05) is 23.1 Å². The van der Waals surface area contributed by atoms with Gasteiger partial charge in [0.15, 0.2) is 0 Å². The molecule has 0 aliphatic carbocycles. The third kappa shape index (κ3) is 4.19. The van der Waals surface area contributed by atoms with Crippen molar-refractivity contribution in [2.24, 2.45) is 0 Å². The van der Waals surface area contributed by atoms with Crippen LogP contribution in [0, 0.1) is 0 Å². The quantitative estimate of drug-likeness (QED) is 0.631. The van der Waals surface area contributed by atoms with Crippen molar-refractivity contribution in [3.05, 3.63) is 84.2 Å². The minimum absolute atomic E-state index is 0.0574. The molecule has 3 heterocycles. The average Bonchev–Trinajstić information content (AvgIpc) is 2.88. The number of ether oxygens (including phenoxy) is 1. The molecule has 2 aromatic carbocycles. The number of amides is 1. The summed E-state index contributed by atoms with van der Waals surface area (Å²) in [6, 6.07) is 20.5. The summed E-state index contributed by atoms with van der Waals surface area (Å²) in [5, 5.41) is 10.2. The maximum atomic E-state index is 13.2. The second kappa shape index (κ2) is 9.95. The second-order valence-electron chi connectivity index (χ2n) is 9.10. The highest BCUT2D eigenvalue weighted by atomic mass is 16.5. The lowest BCUT2D eigenvalue weighted by Gasteiger charge is -2.57. The molecule has 2 aliphatic rings. The molecule has 1 amide bonds. The van der Waals surface area contributed by atoms with Crippen LogP contribution in [0.25, 0.3) is 11.1 Å². The number of fused-ring (bicyclic) bond motifs is 1. The van der Waals surface area contributed by atoms with E-state index in [2.05, 4.69) is 40.2 Å². The molecule has 2 aliphatic heterocycles. The summed E-state index contributed by atoms with van der Waals surface area (Å²) in [4.78, 5) is 21.6. The van der Waals surface area contributed by atoms with E-state index in [1.165, 1.54) is 5.56 Å². The Morgan fingerprint density at radius 3 is 2.50 bits per heavy atom. The Labute approximate surface area is 200 Å². The number of methoxy groups -OCH3 is 1. The number of para-hydroxylation sites is 1. The molecule has 176 valence electrons. The number of nitrogens with zero attached hydrogens (tertiary/aromatic N) is 3. The number of aliphatic hydroxyl groups is 1. The van der Waals surface area contributed by atoms with Gasteiger partial charge in [0.05, 0.1) is 13.7 Å². The number of carbonyl (C=O) groups excluding carboxylic acids is 1. The zero-order valence-electron chi connectivity index (χ0n) is 19.5. The van der Waals surface area contributed by atoms with Crippen LogP contribution in [0.3, 0.4) is 0 Å². The Balaban J connectivity index is 1.40. The molecule has 0 spiro atoms. The van der Waals surface area contributed by atoms with Gasteiger partial charge in [-0.05, 0) is 48.7 Å². The maximum absolute atomic E-state index is 13.2. The number of benzene rings is 2. The summed E-state index contributed by atoms with van der Waals surface area (Å²) in [5.41, 5.74) is 4.05. The fraction of sp³-hybridized carbons (Fsp3) is 0.357. The van der Waals surface area contributed by atoms with E-state index in [1.54, 1.807) is 31.6 Å². The monoisotopic (exact) mass is 457 g/mol. The third-order valence-electron chi connectivity index (χ3n) is 7.30. The van der Waals surface area contributed by atoms with Crippen LogP contribution in [0.5, 0.6) is 5.75 Å². The van der Waals surface area contributed by atoms with Crippen molar-refractivity contribution < 1.29 is 14.6 Å². The Kier molecular flexibility index (Phi) is 6.61. The summed E-state index contributed by atoms with van der Waals surface area (Å²) in [7, 11) is 1.69. The van der Waals surface area contributed by atoms with E-state index in [0.717, 1.165) is 42.8 Å². The van der Waals surface area contributed by atoms with Gasteiger partial charge in [-0.1, -0.05) is 42.5 Å². The third-order valence-corrected chi connectivity index (χ3v) is 7.30. The molecular weight excluding hydrogens is 426 g/mol. The summed E-state index contributed by atoms with van der Waals surface area (Å²) < 4.78 is 5.53. The van der Waals surface area contributed by atoms with Crippen molar-refractivity contribution in [2.45, 2.75) is 30.8 Å². The minimum Gasteiger partial charge on any atom is -0.496 e. The second-order valence-corrected chi connectivity index (χ2v) is 9.10. The molecule has 2 saturated heterocycles. The molecule has 6 heteroatoms. The van der Waals surface area contributed by atoms with Crippen molar-refractivity contribution in [1.29, 1.82) is 0 Å². The highest BCUT2D eigenvalue weighted by Gasteiger charge is 2.49. The first-order valence-corrected chi connectivity index (χ1v) is 12.0. The highest BCUT2D eigenvalue weighted by Crippen LogP contribution is 2.42. The van der Waals surface area contributed by atoms with Gasteiger partial charge in [-0.15, -0.1) is 0 Å². The highest BCUT2D eigenvalue weighted by molar-refractivity contribution is 5.94. The van der Waals surface area contributed by atoms with Gasteiger partial charge in [0.2, 0.25) is 0 Å². The van der Waals surface area contributed by atoms with Gasteiger partial charge in [-0.3, -0.25) is 14.7 Å². The number of aromatic nitrogens is 1. The SMILES string of the molecule is COc1ccccc1-c1ccc([C@H]2[C@@H](CO)N3CCCCN(C(=O)c4ccncc4)C[C@@H]23)cc1. The molecule has 6 nitrogen and oxygen atoms in total. The Morgan fingerprint density at radius 2 is 1.76 bits per heavy atom. The number of hydrogen-bond donors (Lipinski definition) is 1. The first kappa shape index (κ1) is 22.6. The molecule has 0 saturated carbocycles. The molecule has 34 heavy (non-hydrogen) atoms. The van der Waals surface area contributed by atoms with Crippen molar-refractivity contribution in [1.82, 2.24) is 14.8 Å². The number of carbonyl (C=O) groups is 1. The van der Waals surface area contributed by atoms with Crippen LogP contribution < -0.4 is 4.74 Å². The van der Waals surface area contributed by atoms with E-state index in [9.17, 15) is 9.90 Å². The van der Waals surface area contributed by atoms with Crippen LogP contribution in [0.4, 0.5) is 0 Å². The topological polar surface area (TPSA) is 65.9 Å². The standard InChI is InChI=1S/C28H31N3O3/c1-34-26-7-3-2-6-23(26)20-8-10-21(11-9-20)27-24-18-30(28(33)22-12-14-29-15-13-22)16-4-5-17-31(24)25(27)19-32/h2-3,6-15,24-25,27,32H,4-5,16-19H2,1H3/t24-,25+,27+/m0/s1. The van der Waals surface area contributed by atoms with Crippen molar-refractivity contribution in [3.8, 4) is 16.9 Å². The molecule has 3 aromatic rings. The van der Waals surface area contributed by atoms with Crippen LogP contribution in [0.1, 0.15) is 34.7 Å². The summed E-state index contributed by atoms with van der Waals surface area (Å²) in [5.74, 6) is 1.09. The van der Waals surface area contributed by atoms with E-state index in [4.69, 9.17) is 4.74 Å². The van der Waals surface area contributed by atoms with E-state index >= 15 is 0 Å². The van der Waals surface area contributed by atoms with Crippen molar-refractivity contribution in [2.75, 3.05) is 33.4 Å². The minimum atomic E-state index is 0.0574. The lowest BCUT2D eigenvalue weighted by Crippen LogP contribution is -2.67. The first-order valence-electron chi connectivity index (χ1n) is 12.0. The van der Waals surface area contributed by atoms with Gasteiger partial charge in [0.1, 0.15) is 5.75 Å². The molecule has 0 radical (unpaired) electrons. The largest absolute Gasteiger partial charge is 0.496 e. The van der Waals surface area contributed by atoms with Crippen LogP contribution >= 0.6 is 0 Å². The molecule has 2 fully saturated rings. The molecule has 0 bridgehead atoms. The molecule has 1 N–H and O–H groups in total. The fourth-order valence-electron chi connectivity index (χ4n) is 5.57. The predicted molar refractivity (Wildman–Crippen MR) is 132 cm³/mol. The number of pyridine rings is 1. The normalized spacial score (nSPS) is 22.8. The Bertz CT molecular complexity index is 1120. The molecular formula is C28H31N3O3. The number of aliphatic hydroxyl groups excluding tert-OH is 1. The van der Waals surface area contributed by atoms with Gasteiger partial charge in [-0.25, -0.2) is 0 Å². The maximum Gasteiger partial charge on any atom is 0.254 e. The smallest absolute Gasteiger partial charge is 0.254 e. The summed E-state index contributed by atoms with van der Waals surface area (Å²) in [6.45, 7) is 2.50. The zero-order chi connectivity index (χ0) is 23.5. The molecule has 3 atom stereocenters. The molecule has 5 rings (SSSR count). The molecule has 1 aromatic heterocycles. The van der Waals surface area contributed by atoms with Crippen LogP contribution in [0.2, 0.25) is 0 Å². The van der Waals surface area contributed by atoms with Gasteiger partial charge in [0, 0.05) is 54.6 Å². The molecule has 0 unspecified atom stereocenters. The van der Waals surface area contributed by atoms with Crippen molar-refractivity contribution in [3.63, 3.8) is 0 Å². The van der Waals surface area contributed by atoms with Crippen LogP contribution in [-0.2, 0) is 0 Å². The van der Waals surface area contributed by atoms with E-state index < -0.39 is 0 Å². The average molecular weight is 458 g/mol. The van der Waals surface area contributed by atoms with Crippen LogP contribution in [-0.4, -0.2) is 71.2 Å². The predicted octanol–water partition coefficient (Wildman–Crippen LogP) is 3.82. The van der Waals surface area contributed by atoms with Crippen LogP contribution in [0.15, 0.2) is 73.1 Å². The lowest BCUT2D eigenvalue weighted by molar-refractivity contribution is -0.0606. The van der Waals surface area contributed by atoms with Gasteiger partial charge in [-0.2, -0.15) is 0 Å². The lowest BCUT2D eigenvalue weighted by atomic mass is 9.74. The summed E-state index contributed by atoms with van der Waals surface area (Å²) in [6.07, 6.45) is 5.32. The fourth-order valence-corrected chi connectivity index (χ4v) is 5.57.